The Morgan fingerprint density at radius 1 is 1.11 bits per heavy atom. The van der Waals surface area contributed by atoms with Crippen molar-refractivity contribution in [2.24, 2.45) is 0 Å². The molecule has 136 valence electrons. The van der Waals surface area contributed by atoms with Crippen LogP contribution >= 0.6 is 0 Å². The quantitative estimate of drug-likeness (QED) is 0.766. The zero-order valence-electron chi connectivity index (χ0n) is 14.2. The van der Waals surface area contributed by atoms with Crippen molar-refractivity contribution in [2.75, 3.05) is 13.1 Å². The molecule has 3 aromatic rings. The van der Waals surface area contributed by atoms with Gasteiger partial charge in [0.15, 0.2) is 5.69 Å². The van der Waals surface area contributed by atoms with E-state index in [4.69, 9.17) is 0 Å². The van der Waals surface area contributed by atoms with Crippen LogP contribution in [0.25, 0.3) is 5.69 Å². The Balaban J connectivity index is 1.71. The molecule has 2 amide bonds. The van der Waals surface area contributed by atoms with Crippen LogP contribution < -0.4 is 5.32 Å². The van der Waals surface area contributed by atoms with Gasteiger partial charge in [-0.1, -0.05) is 35.5 Å². The number of carbonyl (C=O) groups excluding carboxylic acids is 2. The Bertz CT molecular complexity index is 971. The van der Waals surface area contributed by atoms with Crippen LogP contribution in [0, 0.1) is 5.82 Å². The first-order valence-corrected chi connectivity index (χ1v) is 8.45. The van der Waals surface area contributed by atoms with E-state index in [0.717, 1.165) is 0 Å². The molecule has 1 aromatic heterocycles. The van der Waals surface area contributed by atoms with Gasteiger partial charge in [-0.2, -0.15) is 0 Å². The van der Waals surface area contributed by atoms with Gasteiger partial charge in [0.2, 0.25) is 5.91 Å². The Kier molecular flexibility index (Phi) is 4.37. The second-order valence-electron chi connectivity index (χ2n) is 6.11. The first kappa shape index (κ1) is 16.9. The Hall–Kier alpha value is -3.55. The van der Waals surface area contributed by atoms with E-state index < -0.39 is 11.9 Å². The summed E-state index contributed by atoms with van der Waals surface area (Å²) in [6.45, 7) is 0.668. The van der Waals surface area contributed by atoms with E-state index in [-0.39, 0.29) is 17.5 Å². The lowest BCUT2D eigenvalue weighted by molar-refractivity contribution is -0.128. The number of nitrogens with zero attached hydrogens (tertiary/aromatic N) is 4. The molecule has 1 atom stereocenters. The average Bonchev–Trinajstić information content (AvgIpc) is 3.19. The molecule has 1 N–H and O–H groups in total. The summed E-state index contributed by atoms with van der Waals surface area (Å²) in [4.78, 5) is 27.2. The number of piperazine rings is 1. The molecular weight excluding hydrogens is 349 g/mol. The third-order valence-electron chi connectivity index (χ3n) is 4.43. The molecule has 7 nitrogen and oxygen atoms in total. The zero-order valence-corrected chi connectivity index (χ0v) is 14.2. The van der Waals surface area contributed by atoms with E-state index in [1.807, 2.05) is 30.3 Å². The number of carbonyl (C=O) groups is 2. The maximum absolute atomic E-state index is 13.3. The van der Waals surface area contributed by atoms with Crippen LogP contribution in [0.4, 0.5) is 4.39 Å². The largest absolute Gasteiger partial charge is 0.352 e. The smallest absolute Gasteiger partial charge is 0.275 e. The number of amides is 2. The van der Waals surface area contributed by atoms with Gasteiger partial charge in [-0.15, -0.1) is 5.10 Å². The highest BCUT2D eigenvalue weighted by Gasteiger charge is 2.36. The van der Waals surface area contributed by atoms with Crippen LogP contribution in [0.2, 0.25) is 0 Å². The maximum Gasteiger partial charge on any atom is 0.275 e. The molecule has 0 aliphatic carbocycles. The van der Waals surface area contributed by atoms with Gasteiger partial charge in [-0.05, 0) is 29.8 Å². The summed E-state index contributed by atoms with van der Waals surface area (Å²) in [5, 5.41) is 10.6. The fraction of sp³-hybridized carbons (Fsp3) is 0.158. The number of nitrogens with one attached hydrogen (secondary N) is 1. The van der Waals surface area contributed by atoms with Crippen LogP contribution in [-0.4, -0.2) is 44.8 Å². The highest BCUT2D eigenvalue weighted by molar-refractivity contribution is 5.97. The van der Waals surface area contributed by atoms with Crippen LogP contribution in [0.5, 0.6) is 0 Å². The van der Waals surface area contributed by atoms with Crippen molar-refractivity contribution < 1.29 is 14.0 Å². The predicted molar refractivity (Wildman–Crippen MR) is 94.5 cm³/mol. The van der Waals surface area contributed by atoms with Crippen LogP contribution in [0.3, 0.4) is 0 Å². The predicted octanol–water partition coefficient (Wildman–Crippen LogP) is 1.72. The average molecular weight is 365 g/mol. The highest BCUT2D eigenvalue weighted by atomic mass is 19.1. The number of aromatic nitrogens is 3. The topological polar surface area (TPSA) is 80.1 Å². The van der Waals surface area contributed by atoms with Gasteiger partial charge >= 0.3 is 0 Å². The summed E-state index contributed by atoms with van der Waals surface area (Å²) in [6, 6.07) is 13.9. The number of benzene rings is 2. The Morgan fingerprint density at radius 2 is 1.85 bits per heavy atom. The summed E-state index contributed by atoms with van der Waals surface area (Å²) >= 11 is 0. The molecular formula is C19H16FN5O2. The first-order valence-electron chi connectivity index (χ1n) is 8.45. The SMILES string of the molecule is O=C1NCCN(C(=O)c2cnnn2-c2ccccc2)[C@H]1c1ccc(F)cc1. The minimum atomic E-state index is -0.842. The maximum atomic E-state index is 13.3. The van der Waals surface area contributed by atoms with Gasteiger partial charge in [-0.25, -0.2) is 9.07 Å². The third-order valence-corrected chi connectivity index (χ3v) is 4.43. The summed E-state index contributed by atoms with van der Waals surface area (Å²) in [5.41, 5.74) is 1.49. The van der Waals surface area contributed by atoms with Gasteiger partial charge in [0.1, 0.15) is 11.9 Å². The number of hydrogen-bond acceptors (Lipinski definition) is 4. The number of para-hydroxylation sites is 1. The van der Waals surface area contributed by atoms with Crippen LogP contribution in [-0.2, 0) is 4.79 Å². The summed E-state index contributed by atoms with van der Waals surface area (Å²) in [6.07, 6.45) is 1.38. The van der Waals surface area contributed by atoms with Crippen LogP contribution in [0.15, 0.2) is 60.8 Å². The number of rotatable bonds is 3. The molecule has 0 radical (unpaired) electrons. The van der Waals surface area contributed by atoms with Crippen molar-refractivity contribution in [3.63, 3.8) is 0 Å². The molecule has 2 aromatic carbocycles. The molecule has 1 aliphatic heterocycles. The lowest BCUT2D eigenvalue weighted by Gasteiger charge is -2.35. The van der Waals surface area contributed by atoms with Crippen molar-refractivity contribution in [1.82, 2.24) is 25.2 Å². The summed E-state index contributed by atoms with van der Waals surface area (Å²) in [7, 11) is 0. The van der Waals surface area contributed by atoms with Gasteiger partial charge in [0, 0.05) is 13.1 Å². The molecule has 0 spiro atoms. The molecule has 0 bridgehead atoms. The molecule has 1 saturated heterocycles. The van der Waals surface area contributed by atoms with E-state index >= 15 is 0 Å². The second kappa shape index (κ2) is 6.99. The molecule has 8 heteroatoms. The fourth-order valence-electron chi connectivity index (χ4n) is 3.15. The lowest BCUT2D eigenvalue weighted by atomic mass is 10.0. The first-order chi connectivity index (χ1) is 13.1. The summed E-state index contributed by atoms with van der Waals surface area (Å²) < 4.78 is 14.7. The molecule has 0 saturated carbocycles. The van der Waals surface area contributed by atoms with Crippen molar-refractivity contribution in [3.8, 4) is 5.69 Å². The minimum absolute atomic E-state index is 0.253. The van der Waals surface area contributed by atoms with E-state index in [2.05, 4.69) is 15.6 Å². The fourth-order valence-corrected chi connectivity index (χ4v) is 3.15. The van der Waals surface area contributed by atoms with Crippen molar-refractivity contribution in [1.29, 1.82) is 0 Å². The molecule has 1 aliphatic rings. The van der Waals surface area contributed by atoms with E-state index in [0.29, 0.717) is 24.3 Å². The van der Waals surface area contributed by atoms with E-state index in [1.165, 1.54) is 40.0 Å². The zero-order chi connectivity index (χ0) is 18.8. The van der Waals surface area contributed by atoms with E-state index in [1.54, 1.807) is 0 Å². The third kappa shape index (κ3) is 3.17. The second-order valence-corrected chi connectivity index (χ2v) is 6.11. The standard InChI is InChI=1S/C19H16FN5O2/c20-14-8-6-13(7-9-14)17-18(26)21-10-11-24(17)19(27)16-12-22-23-25(16)15-4-2-1-3-5-15/h1-9,12,17H,10-11H2,(H,21,26)/t17-/m0/s1. The Labute approximate surface area is 154 Å². The molecule has 27 heavy (non-hydrogen) atoms. The molecule has 4 rings (SSSR count). The highest BCUT2D eigenvalue weighted by Crippen LogP contribution is 2.26. The van der Waals surface area contributed by atoms with Crippen molar-refractivity contribution in [2.45, 2.75) is 6.04 Å². The minimum Gasteiger partial charge on any atom is -0.352 e. The Morgan fingerprint density at radius 3 is 2.59 bits per heavy atom. The monoisotopic (exact) mass is 365 g/mol. The number of hydrogen-bond donors (Lipinski definition) is 1. The van der Waals surface area contributed by atoms with E-state index in [9.17, 15) is 14.0 Å². The molecule has 1 fully saturated rings. The van der Waals surface area contributed by atoms with Gasteiger partial charge in [0.05, 0.1) is 11.9 Å². The van der Waals surface area contributed by atoms with Gasteiger partial charge in [0.25, 0.3) is 5.91 Å². The molecule has 2 heterocycles. The van der Waals surface area contributed by atoms with Crippen molar-refractivity contribution in [3.05, 3.63) is 77.9 Å². The van der Waals surface area contributed by atoms with Gasteiger partial charge < -0.3 is 10.2 Å². The van der Waals surface area contributed by atoms with Crippen LogP contribution in [0.1, 0.15) is 22.1 Å². The van der Waals surface area contributed by atoms with Gasteiger partial charge in [-0.3, -0.25) is 9.59 Å². The number of halogens is 1. The molecule has 0 unspecified atom stereocenters. The normalized spacial score (nSPS) is 16.9. The lowest BCUT2D eigenvalue weighted by Crippen LogP contribution is -2.52. The van der Waals surface area contributed by atoms with Crippen molar-refractivity contribution >= 4 is 11.8 Å². The summed E-state index contributed by atoms with van der Waals surface area (Å²) in [5.74, 6) is -1.08.